The fraction of sp³-hybridized carbons (Fsp3) is 0.200. The van der Waals surface area contributed by atoms with E-state index in [1.807, 2.05) is 54.9 Å². The van der Waals surface area contributed by atoms with Crippen molar-refractivity contribution in [1.82, 2.24) is 10.2 Å². The summed E-state index contributed by atoms with van der Waals surface area (Å²) < 4.78 is 13.4. The van der Waals surface area contributed by atoms with E-state index in [0.717, 1.165) is 34.8 Å². The van der Waals surface area contributed by atoms with Crippen LogP contribution in [0.4, 0.5) is 15.9 Å². The molecule has 2 aliphatic rings. The molecule has 0 spiro atoms. The number of aromatic nitrogens is 2. The van der Waals surface area contributed by atoms with Crippen LogP contribution in [0.3, 0.4) is 0 Å². The summed E-state index contributed by atoms with van der Waals surface area (Å²) in [6.07, 6.45) is 11.5. The number of anilines is 2. The van der Waals surface area contributed by atoms with Crippen LogP contribution in [0.25, 0.3) is 5.57 Å². The van der Waals surface area contributed by atoms with E-state index in [-0.39, 0.29) is 5.92 Å². The molecular formula is C20H19FN4. The molecule has 4 rings (SSSR count). The number of nitrogens with one attached hydrogen (secondary N) is 2. The minimum absolute atomic E-state index is 0.176. The van der Waals surface area contributed by atoms with Gasteiger partial charge in [0.25, 0.3) is 0 Å². The van der Waals surface area contributed by atoms with Gasteiger partial charge in [-0.15, -0.1) is 0 Å². The Morgan fingerprint density at radius 2 is 2.00 bits per heavy atom. The van der Waals surface area contributed by atoms with Gasteiger partial charge in [0, 0.05) is 36.0 Å². The lowest BCUT2D eigenvalue weighted by Crippen LogP contribution is -2.06. The molecular weight excluding hydrogens is 315 g/mol. The molecule has 4 nitrogen and oxygen atoms in total. The molecule has 2 atom stereocenters. The number of aromatic amines is 1. The molecule has 0 amide bonds. The smallest absolute Gasteiger partial charge is 0.156 e. The second kappa shape index (κ2) is 6.89. The van der Waals surface area contributed by atoms with Gasteiger partial charge >= 0.3 is 0 Å². The van der Waals surface area contributed by atoms with Crippen molar-refractivity contribution >= 4 is 23.3 Å². The molecule has 126 valence electrons. The third kappa shape index (κ3) is 3.31. The molecule has 2 N–H and O–H groups in total. The van der Waals surface area contributed by atoms with Crippen LogP contribution in [0, 0.1) is 0 Å². The first-order chi connectivity index (χ1) is 12.3. The molecule has 0 fully saturated rings. The van der Waals surface area contributed by atoms with Crippen LogP contribution >= 0.6 is 0 Å². The third-order valence-corrected chi connectivity index (χ3v) is 4.42. The number of benzene rings is 1. The van der Waals surface area contributed by atoms with Gasteiger partial charge in [-0.25, -0.2) is 4.39 Å². The van der Waals surface area contributed by atoms with Gasteiger partial charge < -0.3 is 5.32 Å². The fourth-order valence-corrected chi connectivity index (χ4v) is 3.15. The van der Waals surface area contributed by atoms with E-state index in [1.165, 1.54) is 0 Å². The number of hydrogen-bond acceptors (Lipinski definition) is 3. The number of halogens is 1. The second-order valence-corrected chi connectivity index (χ2v) is 6.14. The molecule has 1 aliphatic heterocycles. The van der Waals surface area contributed by atoms with E-state index >= 15 is 0 Å². The maximum Gasteiger partial charge on any atom is 0.156 e. The van der Waals surface area contributed by atoms with Crippen molar-refractivity contribution in [1.29, 1.82) is 0 Å². The molecule has 2 aromatic rings. The number of allylic oxidation sites excluding steroid dienone is 5. The zero-order valence-corrected chi connectivity index (χ0v) is 13.7. The van der Waals surface area contributed by atoms with Crippen molar-refractivity contribution in [3.8, 4) is 0 Å². The number of hydrogen-bond donors (Lipinski definition) is 2. The lowest BCUT2D eigenvalue weighted by atomic mass is 9.90. The Balaban J connectivity index is 1.73. The maximum absolute atomic E-state index is 13.4. The van der Waals surface area contributed by atoms with Gasteiger partial charge in [0.05, 0.1) is 5.69 Å². The molecule has 2 unspecified atom stereocenters. The first kappa shape index (κ1) is 15.6. The van der Waals surface area contributed by atoms with Gasteiger partial charge in [0.2, 0.25) is 0 Å². The van der Waals surface area contributed by atoms with Gasteiger partial charge in [-0.1, -0.05) is 36.4 Å². The fourth-order valence-electron chi connectivity index (χ4n) is 3.15. The number of H-pyrrole nitrogens is 1. The van der Waals surface area contributed by atoms with Crippen molar-refractivity contribution in [2.24, 2.45) is 4.99 Å². The van der Waals surface area contributed by atoms with Crippen molar-refractivity contribution in [3.63, 3.8) is 0 Å². The molecule has 0 radical (unpaired) electrons. The quantitative estimate of drug-likeness (QED) is 0.835. The van der Waals surface area contributed by atoms with Crippen LogP contribution in [-0.2, 0) is 0 Å². The zero-order chi connectivity index (χ0) is 17.1. The highest BCUT2D eigenvalue weighted by Crippen LogP contribution is 2.37. The summed E-state index contributed by atoms with van der Waals surface area (Å²) in [5.74, 6) is 0.970. The average molecular weight is 334 g/mol. The lowest BCUT2D eigenvalue weighted by Gasteiger charge is -2.17. The molecule has 2 heterocycles. The van der Waals surface area contributed by atoms with Gasteiger partial charge in [-0.3, -0.25) is 10.1 Å². The van der Waals surface area contributed by atoms with Gasteiger partial charge in [0.1, 0.15) is 6.17 Å². The van der Waals surface area contributed by atoms with Crippen LogP contribution < -0.4 is 5.32 Å². The zero-order valence-electron chi connectivity index (χ0n) is 13.7. The predicted octanol–water partition coefficient (Wildman–Crippen LogP) is 4.91. The van der Waals surface area contributed by atoms with Crippen molar-refractivity contribution in [2.45, 2.75) is 24.9 Å². The summed E-state index contributed by atoms with van der Waals surface area (Å²) >= 11 is 0. The minimum atomic E-state index is -0.904. The summed E-state index contributed by atoms with van der Waals surface area (Å²) in [5.41, 5.74) is 3.98. The van der Waals surface area contributed by atoms with Gasteiger partial charge in [-0.05, 0) is 30.2 Å². The molecule has 0 bridgehead atoms. The SMILES string of the molecule is FC1C=CC(c2[nH]nc(Nc3ccccc3)c2C2C=CN=CC2)=CC1. The van der Waals surface area contributed by atoms with E-state index in [1.54, 1.807) is 6.08 Å². The summed E-state index contributed by atoms with van der Waals surface area (Å²) in [4.78, 5) is 4.17. The number of rotatable bonds is 4. The average Bonchev–Trinajstić information content (AvgIpc) is 3.07. The Hall–Kier alpha value is -2.95. The lowest BCUT2D eigenvalue weighted by molar-refractivity contribution is 0.402. The van der Waals surface area contributed by atoms with Crippen LogP contribution in [0.2, 0.25) is 0 Å². The highest BCUT2D eigenvalue weighted by atomic mass is 19.1. The topological polar surface area (TPSA) is 53.1 Å². The molecule has 1 aromatic carbocycles. The van der Waals surface area contributed by atoms with E-state index in [4.69, 9.17) is 0 Å². The van der Waals surface area contributed by atoms with Crippen LogP contribution in [0.1, 0.15) is 30.0 Å². The maximum atomic E-state index is 13.4. The van der Waals surface area contributed by atoms with Crippen LogP contribution in [0.15, 0.2) is 65.8 Å². The van der Waals surface area contributed by atoms with Crippen LogP contribution in [-0.4, -0.2) is 22.6 Å². The summed E-state index contributed by atoms with van der Waals surface area (Å²) in [5, 5.41) is 11.0. The first-order valence-electron chi connectivity index (χ1n) is 8.42. The highest BCUT2D eigenvalue weighted by molar-refractivity contribution is 5.80. The van der Waals surface area contributed by atoms with Gasteiger partial charge in [0.15, 0.2) is 5.82 Å². The number of para-hydroxylation sites is 1. The van der Waals surface area contributed by atoms with Crippen molar-refractivity contribution < 1.29 is 4.39 Å². The summed E-state index contributed by atoms with van der Waals surface area (Å²) in [7, 11) is 0. The summed E-state index contributed by atoms with van der Waals surface area (Å²) in [6.45, 7) is 0. The molecule has 5 heteroatoms. The second-order valence-electron chi connectivity index (χ2n) is 6.14. The Morgan fingerprint density at radius 3 is 2.72 bits per heavy atom. The number of aliphatic imine (C=N–C) groups is 1. The molecule has 25 heavy (non-hydrogen) atoms. The van der Waals surface area contributed by atoms with E-state index in [9.17, 15) is 4.39 Å². The van der Waals surface area contributed by atoms with Crippen molar-refractivity contribution in [2.75, 3.05) is 5.32 Å². The van der Waals surface area contributed by atoms with Crippen LogP contribution in [0.5, 0.6) is 0 Å². The number of nitrogens with zero attached hydrogens (tertiary/aromatic N) is 2. The van der Waals surface area contributed by atoms with E-state index < -0.39 is 6.17 Å². The third-order valence-electron chi connectivity index (χ3n) is 4.42. The van der Waals surface area contributed by atoms with E-state index in [0.29, 0.717) is 6.42 Å². The largest absolute Gasteiger partial charge is 0.338 e. The highest BCUT2D eigenvalue weighted by Gasteiger charge is 2.24. The molecule has 1 aliphatic carbocycles. The first-order valence-corrected chi connectivity index (χ1v) is 8.42. The van der Waals surface area contributed by atoms with Crippen molar-refractivity contribution in [3.05, 3.63) is 72.1 Å². The summed E-state index contributed by atoms with van der Waals surface area (Å²) in [6, 6.07) is 9.95. The molecule has 1 aromatic heterocycles. The predicted molar refractivity (Wildman–Crippen MR) is 99.9 cm³/mol. The Bertz CT molecular complexity index is 861. The Kier molecular flexibility index (Phi) is 4.29. The standard InChI is InChI=1S/C20H19FN4/c21-16-8-6-15(7-9-16)19-18(14-10-12-22-13-11-14)20(25-24-19)23-17-4-2-1-3-5-17/h1-8,10,12-14,16H,9,11H2,(H2,23,24,25). The molecule has 0 saturated heterocycles. The van der Waals surface area contributed by atoms with Gasteiger partial charge in [-0.2, -0.15) is 5.10 Å². The van der Waals surface area contributed by atoms with E-state index in [2.05, 4.69) is 26.6 Å². The minimum Gasteiger partial charge on any atom is -0.338 e. The molecule has 0 saturated carbocycles. The Labute approximate surface area is 145 Å². The normalized spacial score (nSPS) is 22.0. The number of alkyl halides is 1. The Morgan fingerprint density at radius 1 is 1.12 bits per heavy atom. The monoisotopic (exact) mass is 334 g/mol.